The molecular weight excluding hydrogens is 699 g/mol. The maximum atomic E-state index is 14.7. The van der Waals surface area contributed by atoms with Crippen LogP contribution in [0.15, 0.2) is 48.7 Å². The van der Waals surface area contributed by atoms with Crippen LogP contribution in [0.4, 0.5) is 0 Å². The number of aliphatic hydroxyl groups is 2. The highest BCUT2D eigenvalue weighted by Gasteiger charge is 2.42. The molecule has 1 saturated carbocycles. The third-order valence-corrected chi connectivity index (χ3v) is 11.5. The van der Waals surface area contributed by atoms with Crippen molar-refractivity contribution in [2.75, 3.05) is 0 Å². The van der Waals surface area contributed by atoms with Gasteiger partial charge in [-0.05, 0) is 62.3 Å². The molecule has 12 nitrogen and oxygen atoms in total. The summed E-state index contributed by atoms with van der Waals surface area (Å²) in [5.41, 5.74) is 19.3. The Morgan fingerprint density at radius 2 is 1.58 bits per heavy atom. The molecule has 1 amide bonds. The van der Waals surface area contributed by atoms with Crippen molar-refractivity contribution in [2.24, 2.45) is 46.8 Å². The molecule has 1 aromatic heterocycles. The van der Waals surface area contributed by atoms with Gasteiger partial charge in [-0.2, -0.15) is 0 Å². The number of rotatable bonds is 19. The van der Waals surface area contributed by atoms with Crippen LogP contribution in [-0.2, 0) is 16.1 Å². The topological polar surface area (TPSA) is 221 Å². The first-order valence-corrected chi connectivity index (χ1v) is 19.8. The average molecular weight is 760 g/mol. The molecule has 300 valence electrons. The molecule has 1 aliphatic rings. The Bertz CT molecular complexity index is 1800. The number of nitrogens with one attached hydrogen (secondary N) is 1. The smallest absolute Gasteiger partial charge is 0.237 e. The fourth-order valence-corrected chi connectivity index (χ4v) is 7.73. The number of amides is 1. The summed E-state index contributed by atoms with van der Waals surface area (Å²) >= 11 is 0. The predicted molar refractivity (Wildman–Crippen MR) is 214 cm³/mol. The number of carbonyl (C=O) groups is 4. The van der Waals surface area contributed by atoms with Crippen LogP contribution in [0.1, 0.15) is 113 Å². The highest BCUT2D eigenvalue weighted by Crippen LogP contribution is 2.38. The van der Waals surface area contributed by atoms with E-state index in [1.807, 2.05) is 64.1 Å². The summed E-state index contributed by atoms with van der Waals surface area (Å²) in [5, 5.41) is 26.4. The Morgan fingerprint density at radius 1 is 0.927 bits per heavy atom. The number of fused-ring (bicyclic) bond motifs is 1. The van der Waals surface area contributed by atoms with Crippen molar-refractivity contribution in [3.05, 3.63) is 65.5 Å². The third kappa shape index (κ3) is 10.4. The van der Waals surface area contributed by atoms with Gasteiger partial charge in [0.2, 0.25) is 5.91 Å². The summed E-state index contributed by atoms with van der Waals surface area (Å²) in [6.07, 6.45) is 3.93. The van der Waals surface area contributed by atoms with Gasteiger partial charge in [-0.25, -0.2) is 0 Å². The lowest BCUT2D eigenvalue weighted by molar-refractivity contribution is -0.130. The zero-order chi connectivity index (χ0) is 40.6. The second-order valence-electron chi connectivity index (χ2n) is 15.8. The van der Waals surface area contributed by atoms with E-state index in [2.05, 4.69) is 10.3 Å². The van der Waals surface area contributed by atoms with Gasteiger partial charge in [0.05, 0.1) is 42.0 Å². The van der Waals surface area contributed by atoms with E-state index in [9.17, 15) is 29.4 Å². The maximum absolute atomic E-state index is 14.7. The van der Waals surface area contributed by atoms with Gasteiger partial charge in [-0.1, -0.05) is 89.8 Å². The lowest BCUT2D eigenvalue weighted by atomic mass is 9.70. The van der Waals surface area contributed by atoms with Gasteiger partial charge >= 0.3 is 0 Å². The molecule has 1 heterocycles. The van der Waals surface area contributed by atoms with Gasteiger partial charge in [0.1, 0.15) is 11.4 Å². The molecule has 0 radical (unpaired) electrons. The molecule has 9 N–H and O–H groups in total. The predicted octanol–water partition coefficient (Wildman–Crippen LogP) is 5.23. The van der Waals surface area contributed by atoms with E-state index in [0.29, 0.717) is 12.2 Å². The standard InChI is InChI=1S/C43H61N5O7/c1-7-24(4)37(44)43(54)48-22-32-42(55-34-19-13-17-27-14-11-12-18-29(27)34)35(25(5)49)31(21-47-32)40(52)30(23(2)3)20-33(51)39(46)36(28-15-9-8-10-16-28)41(53)38(45)26(6)50/h11-14,17-19,21,23-24,26,28,30,33,36-39,50-51H,7-10,15-16,20,22,44-46H2,1-6H3,(H,48,54)/t24-,26+,30?,33?,36?,37-,38-,39?/m0/s1. The van der Waals surface area contributed by atoms with Crippen molar-refractivity contribution >= 4 is 34.0 Å². The number of benzene rings is 2. The fraction of sp³-hybridized carbons (Fsp3) is 0.558. The Labute approximate surface area is 325 Å². The van der Waals surface area contributed by atoms with Crippen LogP contribution in [0.2, 0.25) is 0 Å². The van der Waals surface area contributed by atoms with Gasteiger partial charge in [-0.3, -0.25) is 24.2 Å². The Hall–Kier alpha value is -4.07. The minimum atomic E-state index is -1.28. The van der Waals surface area contributed by atoms with E-state index >= 15 is 0 Å². The zero-order valence-corrected chi connectivity index (χ0v) is 33.2. The summed E-state index contributed by atoms with van der Waals surface area (Å²) < 4.78 is 6.54. The Morgan fingerprint density at radius 3 is 2.20 bits per heavy atom. The summed E-state index contributed by atoms with van der Waals surface area (Å²) in [4.78, 5) is 59.6. The third-order valence-electron chi connectivity index (χ3n) is 11.5. The number of aliphatic hydroxyl groups excluding tert-OH is 2. The molecule has 0 spiro atoms. The number of ether oxygens (including phenoxy) is 1. The van der Waals surface area contributed by atoms with Crippen molar-refractivity contribution in [1.29, 1.82) is 0 Å². The van der Waals surface area contributed by atoms with E-state index in [1.165, 1.54) is 20.0 Å². The van der Waals surface area contributed by atoms with E-state index in [-0.39, 0.29) is 59.2 Å². The van der Waals surface area contributed by atoms with E-state index in [0.717, 1.165) is 42.9 Å². The first-order valence-electron chi connectivity index (χ1n) is 19.8. The van der Waals surface area contributed by atoms with Gasteiger partial charge < -0.3 is 37.5 Å². The van der Waals surface area contributed by atoms with E-state index in [1.54, 1.807) is 6.07 Å². The average Bonchev–Trinajstić information content (AvgIpc) is 3.17. The number of hydrogen-bond acceptors (Lipinski definition) is 11. The van der Waals surface area contributed by atoms with Crippen molar-refractivity contribution in [1.82, 2.24) is 10.3 Å². The number of nitrogens with zero attached hydrogens (tertiary/aromatic N) is 1. The molecule has 3 aromatic rings. The largest absolute Gasteiger partial charge is 0.454 e. The first kappa shape index (κ1) is 43.7. The van der Waals surface area contributed by atoms with Crippen molar-refractivity contribution in [3.63, 3.8) is 0 Å². The number of pyridine rings is 1. The summed E-state index contributed by atoms with van der Waals surface area (Å²) in [6.45, 7) is 10.2. The highest BCUT2D eigenvalue weighted by molar-refractivity contribution is 6.10. The van der Waals surface area contributed by atoms with Crippen LogP contribution in [0.3, 0.4) is 0 Å². The molecular formula is C43H61N5O7. The fourth-order valence-electron chi connectivity index (χ4n) is 7.73. The van der Waals surface area contributed by atoms with Crippen LogP contribution in [0, 0.1) is 29.6 Å². The highest BCUT2D eigenvalue weighted by atomic mass is 16.5. The van der Waals surface area contributed by atoms with Crippen LogP contribution in [0.5, 0.6) is 11.5 Å². The molecule has 0 aliphatic heterocycles. The number of ketones is 3. The maximum Gasteiger partial charge on any atom is 0.237 e. The van der Waals surface area contributed by atoms with Gasteiger partial charge in [0, 0.05) is 29.5 Å². The monoisotopic (exact) mass is 759 g/mol. The molecule has 4 rings (SSSR count). The number of nitrogens with two attached hydrogens (primary N) is 3. The molecule has 1 fully saturated rings. The molecule has 0 saturated heterocycles. The number of Topliss-reactive ketones (excluding diaryl/α,β-unsaturated/α-hetero) is 3. The summed E-state index contributed by atoms with van der Waals surface area (Å²) in [5.74, 6) is -3.38. The SMILES string of the molecule is CC[C@H](C)[C@H](N)C(=O)NCc1ncc(C(=O)C(CC(O)C(N)C(C(=O)[C@@H](N)[C@@H](C)O)C2CCCCC2)C(C)C)c(C(C)=O)c1Oc1cccc2ccccc12. The normalized spacial score (nSPS) is 18.1. The Kier molecular flexibility index (Phi) is 15.6. The van der Waals surface area contributed by atoms with Crippen molar-refractivity contribution in [2.45, 2.75) is 123 Å². The number of aromatic nitrogens is 1. The van der Waals surface area contributed by atoms with Crippen LogP contribution in [0.25, 0.3) is 10.8 Å². The summed E-state index contributed by atoms with van der Waals surface area (Å²) in [6, 6.07) is 10.1. The zero-order valence-electron chi connectivity index (χ0n) is 33.2. The number of hydrogen-bond donors (Lipinski definition) is 6. The van der Waals surface area contributed by atoms with E-state index < -0.39 is 59.5 Å². The van der Waals surface area contributed by atoms with Crippen LogP contribution >= 0.6 is 0 Å². The van der Waals surface area contributed by atoms with Crippen molar-refractivity contribution in [3.8, 4) is 11.5 Å². The quantitative estimate of drug-likeness (QED) is 0.0870. The Balaban J connectivity index is 1.75. The molecule has 4 unspecified atom stereocenters. The number of carbonyl (C=O) groups excluding carboxylic acids is 4. The first-order chi connectivity index (χ1) is 26.1. The van der Waals surface area contributed by atoms with Crippen LogP contribution < -0.4 is 27.3 Å². The second kappa shape index (κ2) is 19.7. The van der Waals surface area contributed by atoms with Gasteiger partial charge in [0.15, 0.2) is 23.1 Å². The molecule has 1 aliphatic carbocycles. The van der Waals surface area contributed by atoms with Gasteiger partial charge in [-0.15, -0.1) is 0 Å². The molecule has 0 bridgehead atoms. The second-order valence-corrected chi connectivity index (χ2v) is 15.8. The minimum absolute atomic E-state index is 0.00428. The lowest BCUT2D eigenvalue weighted by Gasteiger charge is -2.37. The minimum Gasteiger partial charge on any atom is -0.454 e. The lowest BCUT2D eigenvalue weighted by Crippen LogP contribution is -2.55. The summed E-state index contributed by atoms with van der Waals surface area (Å²) in [7, 11) is 0. The van der Waals surface area contributed by atoms with E-state index in [4.69, 9.17) is 21.9 Å². The molecule has 55 heavy (non-hydrogen) atoms. The molecule has 2 aromatic carbocycles. The van der Waals surface area contributed by atoms with Crippen LogP contribution in [-0.4, -0.2) is 68.8 Å². The van der Waals surface area contributed by atoms with Gasteiger partial charge in [0.25, 0.3) is 0 Å². The molecule has 8 atom stereocenters. The van der Waals surface area contributed by atoms with Crippen molar-refractivity contribution < 1.29 is 34.1 Å². The molecule has 12 heteroatoms.